The average molecular weight is 1120 g/mol. The van der Waals surface area contributed by atoms with Gasteiger partial charge >= 0.3 is 0 Å². The second-order valence-electron chi connectivity index (χ2n) is 24.8. The van der Waals surface area contributed by atoms with Crippen molar-refractivity contribution in [1.29, 1.82) is 0 Å². The molecule has 2 aliphatic heterocycles. The van der Waals surface area contributed by atoms with Crippen molar-refractivity contribution in [3.05, 3.63) is 165 Å². The maximum atomic E-state index is 12.8. The molecule has 8 aliphatic rings. The molecule has 17 atom stereocenters. The van der Waals surface area contributed by atoms with Gasteiger partial charge in [-0.1, -0.05) is 125 Å². The maximum Gasteiger partial charge on any atom is 0.161 e. The summed E-state index contributed by atoms with van der Waals surface area (Å²) in [6, 6.07) is 27.5. The molecular formula is C67H81N3O8S2. The van der Waals surface area contributed by atoms with Crippen LogP contribution in [0.3, 0.4) is 0 Å². The highest BCUT2D eigenvalue weighted by molar-refractivity contribution is 8.76. The number of benzene rings is 3. The number of dihydropyridines is 1. The zero-order valence-electron chi connectivity index (χ0n) is 46.0. The topological polar surface area (TPSA) is 205 Å². The third kappa shape index (κ3) is 10.2. The first-order valence-corrected chi connectivity index (χ1v) is 32.2. The first-order valence-electron chi connectivity index (χ1n) is 29.7. The Balaban J connectivity index is 0.942. The lowest BCUT2D eigenvalue weighted by atomic mass is 9.39. The van der Waals surface area contributed by atoms with Gasteiger partial charge in [0.15, 0.2) is 11.5 Å². The summed E-state index contributed by atoms with van der Waals surface area (Å²) in [5, 5.41) is 88.4. The predicted molar refractivity (Wildman–Crippen MR) is 317 cm³/mol. The van der Waals surface area contributed by atoms with E-state index in [0.717, 1.165) is 65.6 Å². The zero-order chi connectivity index (χ0) is 55.3. The molecule has 13 heteroatoms. The minimum absolute atomic E-state index is 0.0309. The lowest BCUT2D eigenvalue weighted by Gasteiger charge is -2.64. The molecule has 2 spiro atoms. The van der Waals surface area contributed by atoms with Gasteiger partial charge in [0, 0.05) is 89.7 Å². The number of aromatic hydroxyl groups is 1. The van der Waals surface area contributed by atoms with Crippen molar-refractivity contribution in [2.24, 2.45) is 63.9 Å². The Morgan fingerprint density at radius 3 is 2.46 bits per heavy atom. The van der Waals surface area contributed by atoms with E-state index in [1.165, 1.54) is 16.7 Å². The van der Waals surface area contributed by atoms with Crippen LogP contribution in [0.4, 0.5) is 0 Å². The standard InChI is InChI=1S/C67H81N3O8S2/c1-2-39-26-44-30-58(75)60(78-61-31-45(27-47-15-9-24-69-47)48-20-25-70-65(68)53(48)38-80-79-37-46(35-71)64(61)77)33-50(44)51-32-59(76)63-43(28-49(39)51)18-22-67-34-52(41-11-4-3-5-12-41)55-29-42-13-7-6-10-40(42)14-8-21-66(55,62(67)36-72)23-19-54(67)56(73)16-17-57(63)74/h3-7,9-13,15,19-20,23-24,28,30,33,39,43,45-46,51-52,54-57,59,61-64,69-77H,2,8,14,16-17,21,25-27,29,31-32,34-38,68H2,1H3. The van der Waals surface area contributed by atoms with Crippen molar-refractivity contribution in [2.75, 3.05) is 31.3 Å². The van der Waals surface area contributed by atoms with Gasteiger partial charge < -0.3 is 56.5 Å². The average Bonchev–Trinajstić information content (AvgIpc) is 3.70. The predicted octanol–water partition coefficient (Wildman–Crippen LogP) is 9.04. The molecule has 424 valence electrons. The van der Waals surface area contributed by atoms with Gasteiger partial charge in [-0.3, -0.25) is 0 Å². The van der Waals surface area contributed by atoms with Crippen LogP contribution in [-0.4, -0.2) is 103 Å². The number of phenols is 1. The van der Waals surface area contributed by atoms with Crippen LogP contribution in [0.5, 0.6) is 11.5 Å². The highest BCUT2D eigenvalue weighted by Crippen LogP contribution is 2.68. The lowest BCUT2D eigenvalue weighted by Crippen LogP contribution is -2.61. The number of allylic oxidation sites excluding steroid dienone is 4. The van der Waals surface area contributed by atoms with E-state index >= 15 is 0 Å². The maximum absolute atomic E-state index is 12.8. The molecule has 11 nitrogen and oxygen atoms in total. The summed E-state index contributed by atoms with van der Waals surface area (Å²) >= 11 is 0. The summed E-state index contributed by atoms with van der Waals surface area (Å²) in [5.74, 6) is 7.40. The fraction of sp³-hybridized carbons (Fsp3) is 0.522. The molecule has 12 rings (SSSR count). The molecule has 6 aliphatic carbocycles. The fourth-order valence-electron chi connectivity index (χ4n) is 16.8. The molecular weight excluding hydrogens is 1040 g/mol. The van der Waals surface area contributed by atoms with E-state index in [0.29, 0.717) is 62.4 Å². The van der Waals surface area contributed by atoms with E-state index in [-0.39, 0.29) is 72.6 Å². The largest absolute Gasteiger partial charge is 0.504 e. The van der Waals surface area contributed by atoms with Crippen molar-refractivity contribution in [1.82, 2.24) is 10.3 Å². The molecule has 2 bridgehead atoms. The number of hydrogen-bond acceptors (Lipinski definition) is 12. The molecule has 3 aromatic carbocycles. The molecule has 0 amide bonds. The van der Waals surface area contributed by atoms with Crippen LogP contribution in [0.1, 0.15) is 104 Å². The molecule has 4 aromatic rings. The Hall–Kier alpha value is -4.88. The third-order valence-corrected chi connectivity index (χ3v) is 23.2. The van der Waals surface area contributed by atoms with Crippen LogP contribution in [0.15, 0.2) is 132 Å². The number of H-pyrrole nitrogens is 1. The van der Waals surface area contributed by atoms with Gasteiger partial charge in [-0.2, -0.15) is 0 Å². The highest BCUT2D eigenvalue weighted by atomic mass is 33.1. The zero-order valence-corrected chi connectivity index (χ0v) is 47.6. The van der Waals surface area contributed by atoms with E-state index in [9.17, 15) is 35.7 Å². The number of aliphatic hydroxyl groups is 6. The number of aryl methyl sites for hydroxylation is 1. The van der Waals surface area contributed by atoms with Crippen LogP contribution in [0.2, 0.25) is 0 Å². The monoisotopic (exact) mass is 1120 g/mol. The van der Waals surface area contributed by atoms with E-state index in [1.807, 2.05) is 24.4 Å². The van der Waals surface area contributed by atoms with E-state index in [1.54, 1.807) is 21.6 Å². The smallest absolute Gasteiger partial charge is 0.161 e. The quantitative estimate of drug-likeness (QED) is 0.0456. The molecule has 1 saturated heterocycles. The van der Waals surface area contributed by atoms with Gasteiger partial charge in [-0.05, 0) is 164 Å². The Labute approximate surface area is 480 Å². The van der Waals surface area contributed by atoms with Crippen LogP contribution in [0, 0.1) is 70.0 Å². The van der Waals surface area contributed by atoms with Gasteiger partial charge in [-0.15, -0.1) is 0 Å². The third-order valence-electron chi connectivity index (χ3n) is 20.8. The normalized spacial score (nSPS) is 36.9. The number of ether oxygens (including phenoxy) is 1. The van der Waals surface area contributed by atoms with Crippen LogP contribution >= 0.6 is 21.6 Å². The second kappa shape index (κ2) is 23.4. The number of nitrogens with two attached hydrogens (primary N) is 1. The molecule has 0 radical (unpaired) electrons. The van der Waals surface area contributed by atoms with Crippen LogP contribution < -0.4 is 15.8 Å². The summed E-state index contributed by atoms with van der Waals surface area (Å²) in [5.41, 5.74) is 15.7. The van der Waals surface area contributed by atoms with Gasteiger partial charge in [0.25, 0.3) is 0 Å². The molecule has 11 N–H and O–H groups in total. The summed E-state index contributed by atoms with van der Waals surface area (Å²) < 4.78 is 7.00. The summed E-state index contributed by atoms with van der Waals surface area (Å²) in [7, 11) is 3.25. The lowest BCUT2D eigenvalue weighted by molar-refractivity contribution is -0.115. The van der Waals surface area contributed by atoms with Crippen molar-refractivity contribution in [2.45, 2.75) is 126 Å². The molecule has 3 heterocycles. The van der Waals surface area contributed by atoms with Crippen molar-refractivity contribution >= 4 is 21.6 Å². The van der Waals surface area contributed by atoms with Gasteiger partial charge in [0.05, 0.1) is 24.4 Å². The SMILES string of the molecule is CCC1Cc2cc(O)c(OC3CC(Cc4ccc[nH]4)C4=CCNC(N)=C4CSSCC(CO)C3O)cc2C2CC(O)C3C(C#CC45CC(c6ccccc6)C6Cc7ccccc7CCCC6(C=CC4C(O)CCC3O)C5CO)C=C12. The van der Waals surface area contributed by atoms with E-state index in [2.05, 4.69) is 114 Å². The summed E-state index contributed by atoms with van der Waals surface area (Å²) in [6.07, 6.45) is 14.1. The number of hydrogen-bond donors (Lipinski definition) is 10. The van der Waals surface area contributed by atoms with Gasteiger partial charge in [0.1, 0.15) is 11.9 Å². The minimum atomic E-state index is -1.08. The summed E-state index contributed by atoms with van der Waals surface area (Å²) in [6.45, 7) is 2.45. The number of rotatable bonds is 8. The number of aromatic nitrogens is 1. The fourth-order valence-corrected chi connectivity index (χ4v) is 19.3. The highest BCUT2D eigenvalue weighted by Gasteiger charge is 2.64. The van der Waals surface area contributed by atoms with Gasteiger partial charge in [-0.25, -0.2) is 0 Å². The van der Waals surface area contributed by atoms with E-state index < -0.39 is 59.1 Å². The number of phenolic OH excluding ortho intramolecular Hbond substituents is 1. The summed E-state index contributed by atoms with van der Waals surface area (Å²) in [4.78, 5) is 3.38. The van der Waals surface area contributed by atoms with Crippen molar-refractivity contribution < 1.29 is 40.5 Å². The van der Waals surface area contributed by atoms with Crippen molar-refractivity contribution in [3.8, 4) is 23.3 Å². The van der Waals surface area contributed by atoms with Crippen LogP contribution in [0.25, 0.3) is 0 Å². The minimum Gasteiger partial charge on any atom is -0.504 e. The second-order valence-corrected chi connectivity index (χ2v) is 27.3. The molecule has 80 heavy (non-hydrogen) atoms. The Kier molecular flexibility index (Phi) is 16.3. The molecule has 1 saturated carbocycles. The van der Waals surface area contributed by atoms with E-state index in [4.69, 9.17) is 10.5 Å². The first kappa shape index (κ1) is 55.6. The number of aromatic amines is 1. The Bertz CT molecular complexity index is 3060. The Morgan fingerprint density at radius 1 is 0.863 bits per heavy atom. The van der Waals surface area contributed by atoms with Crippen molar-refractivity contribution in [3.63, 3.8) is 0 Å². The molecule has 1 aromatic heterocycles. The number of aliphatic hydroxyl groups excluding tert-OH is 6. The first-order chi connectivity index (χ1) is 38.9. The molecule has 17 unspecified atom stereocenters. The van der Waals surface area contributed by atoms with Gasteiger partial charge in [0.2, 0.25) is 0 Å². The number of nitrogens with one attached hydrogen (secondary N) is 2. The Morgan fingerprint density at radius 2 is 1.68 bits per heavy atom. The number of fused-ring (bicyclic) bond motifs is 6. The molecule has 2 fully saturated rings. The van der Waals surface area contributed by atoms with Crippen LogP contribution in [-0.2, 0) is 25.7 Å².